The molecular weight excluding hydrogens is 314 g/mol. The molecule has 0 spiro atoms. The first-order valence-electron chi connectivity index (χ1n) is 6.85. The molecule has 0 aliphatic rings. The lowest BCUT2D eigenvalue weighted by Gasteiger charge is -2.19. The first-order chi connectivity index (χ1) is 9.69. The second-order valence-electron chi connectivity index (χ2n) is 4.79. The molecule has 0 radical (unpaired) electrons. The zero-order valence-corrected chi connectivity index (χ0v) is 13.5. The lowest BCUT2D eigenvalue weighted by Crippen LogP contribution is -2.18. The molecule has 0 fully saturated rings. The van der Waals surface area contributed by atoms with Crippen molar-refractivity contribution in [2.24, 2.45) is 0 Å². The Hall–Kier alpha value is -1.55. The van der Waals surface area contributed by atoms with Gasteiger partial charge in [-0.05, 0) is 36.2 Å². The number of hydrogen-bond acceptors (Lipinski definition) is 3. The van der Waals surface area contributed by atoms with E-state index in [2.05, 4.69) is 69.4 Å². The van der Waals surface area contributed by atoms with Crippen molar-refractivity contribution in [3.63, 3.8) is 0 Å². The summed E-state index contributed by atoms with van der Waals surface area (Å²) in [6, 6.07) is 14.5. The minimum absolute atomic E-state index is 0.845. The summed E-state index contributed by atoms with van der Waals surface area (Å²) >= 11 is 3.46. The van der Waals surface area contributed by atoms with E-state index in [1.165, 1.54) is 5.56 Å². The predicted octanol–water partition coefficient (Wildman–Crippen LogP) is 4.30. The van der Waals surface area contributed by atoms with Gasteiger partial charge in [0.05, 0.1) is 0 Å². The van der Waals surface area contributed by atoms with E-state index in [0.717, 1.165) is 35.6 Å². The number of anilines is 2. The van der Waals surface area contributed by atoms with Gasteiger partial charge >= 0.3 is 0 Å². The Morgan fingerprint density at radius 2 is 1.90 bits per heavy atom. The highest BCUT2D eigenvalue weighted by Gasteiger charge is 2.04. The number of nitrogens with one attached hydrogen (secondary N) is 1. The van der Waals surface area contributed by atoms with Gasteiger partial charge < -0.3 is 10.2 Å². The normalized spacial score (nSPS) is 10.3. The van der Waals surface area contributed by atoms with Crippen LogP contribution in [0.2, 0.25) is 0 Å². The maximum absolute atomic E-state index is 4.63. The third kappa shape index (κ3) is 4.23. The third-order valence-electron chi connectivity index (χ3n) is 3.01. The van der Waals surface area contributed by atoms with Crippen LogP contribution in [0, 0.1) is 0 Å². The largest absolute Gasteiger partial charge is 0.370 e. The summed E-state index contributed by atoms with van der Waals surface area (Å²) < 4.78 is 1.10. The quantitative estimate of drug-likeness (QED) is 0.854. The molecule has 1 heterocycles. The molecule has 4 heteroatoms. The topological polar surface area (TPSA) is 28.2 Å². The summed E-state index contributed by atoms with van der Waals surface area (Å²) in [4.78, 5) is 6.78. The Morgan fingerprint density at radius 1 is 1.15 bits per heavy atom. The van der Waals surface area contributed by atoms with Crippen LogP contribution in [0.5, 0.6) is 0 Å². The van der Waals surface area contributed by atoms with E-state index in [0.29, 0.717) is 0 Å². The van der Waals surface area contributed by atoms with Crippen LogP contribution in [0.1, 0.15) is 18.9 Å². The van der Waals surface area contributed by atoms with Crippen molar-refractivity contribution in [2.45, 2.75) is 19.9 Å². The molecule has 0 aliphatic carbocycles. The molecule has 1 aromatic carbocycles. The molecular formula is C16H20BrN3. The van der Waals surface area contributed by atoms with Gasteiger partial charge in [-0.3, -0.25) is 0 Å². The van der Waals surface area contributed by atoms with Crippen molar-refractivity contribution in [3.8, 4) is 0 Å². The first kappa shape index (κ1) is 14.9. The van der Waals surface area contributed by atoms with Gasteiger partial charge in [0.25, 0.3) is 0 Å². The standard InChI is InChI=1S/C16H20BrN3/c1-3-11-18-15-5-4-6-16(19-15)20(2)12-13-7-9-14(17)10-8-13/h4-10H,3,11-12H2,1-2H3,(H,18,19). The Balaban J connectivity index is 2.04. The van der Waals surface area contributed by atoms with Crippen molar-refractivity contribution < 1.29 is 0 Å². The number of pyridine rings is 1. The van der Waals surface area contributed by atoms with Gasteiger partial charge in [0.2, 0.25) is 0 Å². The second kappa shape index (κ2) is 7.29. The van der Waals surface area contributed by atoms with Crippen LogP contribution in [-0.2, 0) is 6.54 Å². The van der Waals surface area contributed by atoms with E-state index in [1.54, 1.807) is 0 Å². The lowest BCUT2D eigenvalue weighted by atomic mass is 10.2. The SMILES string of the molecule is CCCNc1cccc(N(C)Cc2ccc(Br)cc2)n1. The average Bonchev–Trinajstić information content (AvgIpc) is 2.48. The summed E-state index contributed by atoms with van der Waals surface area (Å²) in [6.07, 6.45) is 1.10. The zero-order valence-electron chi connectivity index (χ0n) is 11.9. The van der Waals surface area contributed by atoms with Crippen LogP contribution < -0.4 is 10.2 Å². The highest BCUT2D eigenvalue weighted by atomic mass is 79.9. The van der Waals surface area contributed by atoms with Gasteiger partial charge in [-0.1, -0.05) is 41.1 Å². The molecule has 2 aromatic rings. The fraction of sp³-hybridized carbons (Fsp3) is 0.312. The fourth-order valence-corrected chi connectivity index (χ4v) is 2.20. The maximum atomic E-state index is 4.63. The molecule has 0 unspecified atom stereocenters. The van der Waals surface area contributed by atoms with Gasteiger partial charge in [-0.2, -0.15) is 0 Å². The number of benzene rings is 1. The Bertz CT molecular complexity index is 540. The summed E-state index contributed by atoms with van der Waals surface area (Å²) in [5.74, 6) is 1.92. The molecule has 0 atom stereocenters. The monoisotopic (exact) mass is 333 g/mol. The number of hydrogen-bond donors (Lipinski definition) is 1. The van der Waals surface area contributed by atoms with Crippen LogP contribution in [0.4, 0.5) is 11.6 Å². The Morgan fingerprint density at radius 3 is 2.60 bits per heavy atom. The minimum Gasteiger partial charge on any atom is -0.370 e. The number of nitrogens with zero attached hydrogens (tertiary/aromatic N) is 2. The number of aromatic nitrogens is 1. The third-order valence-corrected chi connectivity index (χ3v) is 3.54. The summed E-state index contributed by atoms with van der Waals surface area (Å²) in [5, 5.41) is 3.32. The van der Waals surface area contributed by atoms with E-state index < -0.39 is 0 Å². The smallest absolute Gasteiger partial charge is 0.130 e. The van der Waals surface area contributed by atoms with Gasteiger partial charge in [0, 0.05) is 24.6 Å². The van der Waals surface area contributed by atoms with Gasteiger partial charge in [0.15, 0.2) is 0 Å². The van der Waals surface area contributed by atoms with E-state index in [9.17, 15) is 0 Å². The van der Waals surface area contributed by atoms with Crippen LogP contribution in [-0.4, -0.2) is 18.6 Å². The van der Waals surface area contributed by atoms with E-state index >= 15 is 0 Å². The van der Waals surface area contributed by atoms with Crippen molar-refractivity contribution in [1.29, 1.82) is 0 Å². The predicted molar refractivity (Wildman–Crippen MR) is 89.3 cm³/mol. The first-order valence-corrected chi connectivity index (χ1v) is 7.65. The molecule has 0 aliphatic heterocycles. The van der Waals surface area contributed by atoms with Gasteiger partial charge in [0.1, 0.15) is 11.6 Å². The zero-order chi connectivity index (χ0) is 14.4. The molecule has 2 rings (SSSR count). The summed E-state index contributed by atoms with van der Waals surface area (Å²) in [7, 11) is 2.06. The molecule has 1 aromatic heterocycles. The van der Waals surface area contributed by atoms with Crippen LogP contribution >= 0.6 is 15.9 Å². The van der Waals surface area contributed by atoms with E-state index in [1.807, 2.05) is 18.2 Å². The van der Waals surface area contributed by atoms with Gasteiger partial charge in [-0.25, -0.2) is 4.98 Å². The van der Waals surface area contributed by atoms with Crippen molar-refractivity contribution in [2.75, 3.05) is 23.8 Å². The molecule has 20 heavy (non-hydrogen) atoms. The fourth-order valence-electron chi connectivity index (χ4n) is 1.93. The molecule has 0 saturated heterocycles. The Kier molecular flexibility index (Phi) is 5.41. The molecule has 0 bridgehead atoms. The second-order valence-corrected chi connectivity index (χ2v) is 5.71. The number of rotatable bonds is 6. The maximum Gasteiger partial charge on any atom is 0.130 e. The summed E-state index contributed by atoms with van der Waals surface area (Å²) in [6.45, 7) is 3.95. The van der Waals surface area contributed by atoms with Crippen molar-refractivity contribution >= 4 is 27.6 Å². The van der Waals surface area contributed by atoms with Crippen molar-refractivity contribution in [3.05, 3.63) is 52.5 Å². The molecule has 106 valence electrons. The average molecular weight is 334 g/mol. The number of halogens is 1. The summed E-state index contributed by atoms with van der Waals surface area (Å²) in [5.41, 5.74) is 1.27. The van der Waals surface area contributed by atoms with Crippen molar-refractivity contribution in [1.82, 2.24) is 4.98 Å². The van der Waals surface area contributed by atoms with E-state index in [4.69, 9.17) is 0 Å². The molecule has 3 nitrogen and oxygen atoms in total. The lowest BCUT2D eigenvalue weighted by molar-refractivity contribution is 0.894. The minimum atomic E-state index is 0.845. The highest BCUT2D eigenvalue weighted by Crippen LogP contribution is 2.17. The van der Waals surface area contributed by atoms with Gasteiger partial charge in [-0.15, -0.1) is 0 Å². The van der Waals surface area contributed by atoms with E-state index in [-0.39, 0.29) is 0 Å². The van der Waals surface area contributed by atoms with Crippen LogP contribution in [0.3, 0.4) is 0 Å². The molecule has 1 N–H and O–H groups in total. The molecule has 0 saturated carbocycles. The van der Waals surface area contributed by atoms with Crippen LogP contribution in [0.15, 0.2) is 46.9 Å². The Labute approximate surface area is 129 Å². The highest BCUT2D eigenvalue weighted by molar-refractivity contribution is 9.10. The molecule has 0 amide bonds. The van der Waals surface area contributed by atoms with Crippen LogP contribution in [0.25, 0.3) is 0 Å².